The largest absolute Gasteiger partial charge is 0.471 e. The van der Waals surface area contributed by atoms with Crippen LogP contribution in [0.3, 0.4) is 0 Å². The Bertz CT molecular complexity index is 187. The molecule has 0 saturated heterocycles. The molecule has 0 aliphatic heterocycles. The molecule has 0 atom stereocenters. The Kier molecular flexibility index (Phi) is 3.68. The van der Waals surface area contributed by atoms with E-state index < -0.39 is 14.6 Å². The summed E-state index contributed by atoms with van der Waals surface area (Å²) in [6.45, 7) is 0.864. The third kappa shape index (κ3) is 6.00. The fraction of sp³-hybridized carbons (Fsp3) is 0.750. The van der Waals surface area contributed by atoms with Gasteiger partial charge in [0.15, 0.2) is 0 Å². The van der Waals surface area contributed by atoms with E-state index in [0.717, 1.165) is 4.90 Å². The first-order valence-electron chi connectivity index (χ1n) is 2.74. The van der Waals surface area contributed by atoms with E-state index in [2.05, 4.69) is 4.52 Å². The molecule has 7 heteroatoms. The van der Waals surface area contributed by atoms with Crippen LogP contribution in [-0.4, -0.2) is 34.4 Å². The van der Waals surface area contributed by atoms with E-state index in [1.165, 1.54) is 14.0 Å². The molecule has 0 aromatic carbocycles. The summed E-state index contributed by atoms with van der Waals surface area (Å²) in [5, 5.41) is 0. The van der Waals surface area contributed by atoms with Crippen LogP contribution in [0.2, 0.25) is 0 Å². The van der Waals surface area contributed by atoms with Gasteiger partial charge >= 0.3 is 7.82 Å². The van der Waals surface area contributed by atoms with Crippen LogP contribution in [-0.2, 0) is 13.9 Å². The topological polar surface area (TPSA) is 87.1 Å². The zero-order valence-electron chi connectivity index (χ0n) is 6.22. The SMILES string of the molecule is CC(=O)N(C)COP(=O)(O)O. The fourth-order valence-electron chi connectivity index (χ4n) is 0.253. The van der Waals surface area contributed by atoms with E-state index in [4.69, 9.17) is 9.79 Å². The zero-order valence-corrected chi connectivity index (χ0v) is 7.12. The van der Waals surface area contributed by atoms with Gasteiger partial charge in [0.25, 0.3) is 0 Å². The maximum atomic E-state index is 10.5. The van der Waals surface area contributed by atoms with Gasteiger partial charge in [-0.1, -0.05) is 0 Å². The minimum atomic E-state index is -4.45. The summed E-state index contributed by atoms with van der Waals surface area (Å²) < 4.78 is 14.1. The van der Waals surface area contributed by atoms with Crippen LogP contribution in [0.25, 0.3) is 0 Å². The molecule has 0 aliphatic carbocycles. The van der Waals surface area contributed by atoms with Gasteiger partial charge in [-0.05, 0) is 0 Å². The summed E-state index contributed by atoms with van der Waals surface area (Å²) in [6.07, 6.45) is 0. The predicted molar refractivity (Wildman–Crippen MR) is 36.4 cm³/mol. The van der Waals surface area contributed by atoms with Gasteiger partial charge in [-0.15, -0.1) is 0 Å². The summed E-state index contributed by atoms with van der Waals surface area (Å²) >= 11 is 0. The molecule has 0 aliphatic rings. The quantitative estimate of drug-likeness (QED) is 0.456. The second-order valence-corrected chi connectivity index (χ2v) is 3.21. The van der Waals surface area contributed by atoms with Crippen LogP contribution in [0.15, 0.2) is 0 Å². The van der Waals surface area contributed by atoms with Crippen LogP contribution in [0.1, 0.15) is 6.92 Å². The van der Waals surface area contributed by atoms with Crippen molar-refractivity contribution in [3.8, 4) is 0 Å². The molecular weight excluding hydrogens is 173 g/mol. The van der Waals surface area contributed by atoms with E-state index in [0.29, 0.717) is 0 Å². The van der Waals surface area contributed by atoms with Gasteiger partial charge in [-0.2, -0.15) is 0 Å². The first-order chi connectivity index (χ1) is 4.83. The molecule has 0 radical (unpaired) electrons. The lowest BCUT2D eigenvalue weighted by Crippen LogP contribution is -2.25. The Hall–Kier alpha value is -0.420. The number of rotatable bonds is 3. The van der Waals surface area contributed by atoms with Crippen molar-refractivity contribution in [2.24, 2.45) is 0 Å². The van der Waals surface area contributed by atoms with E-state index in [1.54, 1.807) is 0 Å². The van der Waals surface area contributed by atoms with Gasteiger partial charge in [0.2, 0.25) is 5.91 Å². The molecule has 2 N–H and O–H groups in total. The summed E-state index contributed by atoms with van der Waals surface area (Å²) in [5.74, 6) is -0.321. The van der Waals surface area contributed by atoms with Crippen molar-refractivity contribution < 1.29 is 23.7 Å². The second-order valence-electron chi connectivity index (χ2n) is 1.97. The van der Waals surface area contributed by atoms with Crippen molar-refractivity contribution in [2.75, 3.05) is 13.8 Å². The highest BCUT2D eigenvalue weighted by Crippen LogP contribution is 2.35. The third-order valence-corrected chi connectivity index (χ3v) is 1.41. The summed E-state index contributed by atoms with van der Waals surface area (Å²) in [7, 11) is -3.08. The Morgan fingerprint density at radius 2 is 2.09 bits per heavy atom. The Labute approximate surface area is 64.0 Å². The highest BCUT2D eigenvalue weighted by atomic mass is 31.2. The fourth-order valence-corrected chi connectivity index (χ4v) is 0.576. The number of amides is 1. The van der Waals surface area contributed by atoms with E-state index in [1.807, 2.05) is 0 Å². The molecule has 0 bridgehead atoms. The van der Waals surface area contributed by atoms with Crippen LogP contribution in [0.5, 0.6) is 0 Å². The lowest BCUT2D eigenvalue weighted by molar-refractivity contribution is -0.130. The molecule has 0 fully saturated rings. The average Bonchev–Trinajstić information content (AvgIpc) is 1.80. The average molecular weight is 183 g/mol. The summed E-state index contributed by atoms with van der Waals surface area (Å²) in [4.78, 5) is 27.9. The molecule has 0 aromatic rings. The van der Waals surface area contributed by atoms with E-state index >= 15 is 0 Å². The van der Waals surface area contributed by atoms with E-state index in [9.17, 15) is 9.36 Å². The van der Waals surface area contributed by atoms with Crippen molar-refractivity contribution in [3.63, 3.8) is 0 Å². The van der Waals surface area contributed by atoms with Crippen LogP contribution in [0.4, 0.5) is 0 Å². The summed E-state index contributed by atoms with van der Waals surface area (Å²) in [6, 6.07) is 0. The highest BCUT2D eigenvalue weighted by Gasteiger charge is 2.15. The monoisotopic (exact) mass is 183 g/mol. The van der Waals surface area contributed by atoms with Gasteiger partial charge in [-0.3, -0.25) is 9.32 Å². The Morgan fingerprint density at radius 3 is 2.36 bits per heavy atom. The molecule has 0 rings (SSSR count). The van der Waals surface area contributed by atoms with Gasteiger partial charge in [0.1, 0.15) is 6.73 Å². The van der Waals surface area contributed by atoms with Crippen LogP contribution >= 0.6 is 7.82 Å². The molecule has 66 valence electrons. The molecule has 0 spiro atoms. The number of carbonyl (C=O) groups excluding carboxylic acids is 1. The number of nitrogens with zero attached hydrogens (tertiary/aromatic N) is 1. The molecule has 0 aromatic heterocycles. The van der Waals surface area contributed by atoms with Crippen molar-refractivity contribution in [1.82, 2.24) is 4.90 Å². The lowest BCUT2D eigenvalue weighted by Gasteiger charge is -2.14. The summed E-state index contributed by atoms with van der Waals surface area (Å²) in [5.41, 5.74) is 0. The first-order valence-corrected chi connectivity index (χ1v) is 4.28. The van der Waals surface area contributed by atoms with Crippen molar-refractivity contribution in [2.45, 2.75) is 6.92 Å². The number of carbonyl (C=O) groups is 1. The van der Waals surface area contributed by atoms with Crippen LogP contribution < -0.4 is 0 Å². The van der Waals surface area contributed by atoms with Gasteiger partial charge in [0, 0.05) is 14.0 Å². The molecule has 0 saturated carbocycles. The normalized spacial score (nSPS) is 11.3. The maximum Gasteiger partial charge on any atom is 0.471 e. The highest BCUT2D eigenvalue weighted by molar-refractivity contribution is 7.46. The van der Waals surface area contributed by atoms with Crippen LogP contribution in [0, 0.1) is 0 Å². The van der Waals surface area contributed by atoms with Gasteiger partial charge < -0.3 is 14.7 Å². The number of phosphoric acid groups is 1. The predicted octanol–water partition coefficient (Wildman–Crippen LogP) is -0.469. The molecular formula is C4H10NO5P. The zero-order chi connectivity index (χ0) is 9.07. The van der Waals surface area contributed by atoms with Crippen molar-refractivity contribution in [3.05, 3.63) is 0 Å². The molecule has 11 heavy (non-hydrogen) atoms. The number of hydrogen-bond donors (Lipinski definition) is 2. The lowest BCUT2D eigenvalue weighted by atomic mass is 10.6. The minimum Gasteiger partial charge on any atom is -0.322 e. The van der Waals surface area contributed by atoms with Gasteiger partial charge in [0.05, 0.1) is 0 Å². The Balaban J connectivity index is 3.72. The molecule has 6 nitrogen and oxygen atoms in total. The van der Waals surface area contributed by atoms with Crippen molar-refractivity contribution in [1.29, 1.82) is 0 Å². The standard InChI is InChI=1S/C4H10NO5P/c1-4(6)5(2)3-10-11(7,8)9/h3H2,1-2H3,(H2,7,8,9). The van der Waals surface area contributed by atoms with Crippen molar-refractivity contribution >= 4 is 13.7 Å². The molecule has 0 unspecified atom stereocenters. The molecule has 1 amide bonds. The third-order valence-electron chi connectivity index (χ3n) is 0.957. The first kappa shape index (κ1) is 10.6. The smallest absolute Gasteiger partial charge is 0.322 e. The van der Waals surface area contributed by atoms with E-state index in [-0.39, 0.29) is 5.91 Å². The Morgan fingerprint density at radius 1 is 1.64 bits per heavy atom. The number of phosphoric ester groups is 1. The maximum absolute atomic E-state index is 10.5. The second kappa shape index (κ2) is 3.82. The van der Waals surface area contributed by atoms with Gasteiger partial charge in [-0.25, -0.2) is 4.57 Å². The minimum absolute atomic E-state index is 0.321. The number of hydrogen-bond acceptors (Lipinski definition) is 3. The molecule has 0 heterocycles.